The van der Waals surface area contributed by atoms with Crippen molar-refractivity contribution >= 4 is 22.3 Å². The SMILES string of the molecule is CCc1nc2sc([C@H](c3cccc(C)c3)N3CCC(C(=O)OC)CC3)c(O)n2n1. The molecule has 0 amide bonds. The molecule has 1 aromatic carbocycles. The number of rotatable bonds is 5. The molecule has 0 bridgehead atoms. The summed E-state index contributed by atoms with van der Waals surface area (Å²) < 4.78 is 6.47. The smallest absolute Gasteiger partial charge is 0.308 e. The first-order valence-electron chi connectivity index (χ1n) is 9.97. The first-order valence-corrected chi connectivity index (χ1v) is 10.8. The summed E-state index contributed by atoms with van der Waals surface area (Å²) in [5, 5.41) is 15.4. The maximum atomic E-state index is 11.9. The summed E-state index contributed by atoms with van der Waals surface area (Å²) in [5.74, 6) is 0.686. The summed E-state index contributed by atoms with van der Waals surface area (Å²) in [6, 6.07) is 8.26. The van der Waals surface area contributed by atoms with E-state index in [4.69, 9.17) is 4.74 Å². The second-order valence-electron chi connectivity index (χ2n) is 7.52. The Bertz CT molecular complexity index is 1020. The number of piperidine rings is 1. The second-order valence-corrected chi connectivity index (χ2v) is 8.53. The van der Waals surface area contributed by atoms with Gasteiger partial charge < -0.3 is 9.84 Å². The third-order valence-electron chi connectivity index (χ3n) is 5.60. The van der Waals surface area contributed by atoms with Crippen LogP contribution in [0.15, 0.2) is 24.3 Å². The average Bonchev–Trinajstić information content (AvgIpc) is 3.27. The molecule has 154 valence electrons. The molecule has 7 nitrogen and oxygen atoms in total. The number of aryl methyl sites for hydroxylation is 2. The van der Waals surface area contributed by atoms with Crippen molar-refractivity contribution in [3.63, 3.8) is 0 Å². The minimum absolute atomic E-state index is 0.0579. The molecule has 1 fully saturated rings. The van der Waals surface area contributed by atoms with Crippen LogP contribution in [0.1, 0.15) is 47.6 Å². The first-order chi connectivity index (χ1) is 14.0. The van der Waals surface area contributed by atoms with Crippen molar-refractivity contribution in [1.29, 1.82) is 0 Å². The fourth-order valence-corrected chi connectivity index (χ4v) is 5.18. The third-order valence-corrected chi connectivity index (χ3v) is 6.67. The van der Waals surface area contributed by atoms with Crippen molar-refractivity contribution in [2.75, 3.05) is 20.2 Å². The largest absolute Gasteiger partial charge is 0.492 e. The van der Waals surface area contributed by atoms with E-state index in [-0.39, 0.29) is 23.8 Å². The van der Waals surface area contributed by atoms with Gasteiger partial charge in [0.25, 0.3) is 0 Å². The molecule has 0 unspecified atom stereocenters. The fraction of sp³-hybridized carbons (Fsp3) is 0.476. The highest BCUT2D eigenvalue weighted by Gasteiger charge is 2.34. The van der Waals surface area contributed by atoms with Crippen molar-refractivity contribution in [2.24, 2.45) is 5.92 Å². The molecule has 3 aromatic rings. The van der Waals surface area contributed by atoms with E-state index < -0.39 is 0 Å². The number of thiazole rings is 1. The van der Waals surface area contributed by atoms with E-state index in [0.717, 1.165) is 48.6 Å². The van der Waals surface area contributed by atoms with Gasteiger partial charge in [-0.25, -0.2) is 4.98 Å². The number of methoxy groups -OCH3 is 1. The van der Waals surface area contributed by atoms with Crippen LogP contribution in [-0.4, -0.2) is 50.8 Å². The Kier molecular flexibility index (Phi) is 5.56. The number of fused-ring (bicyclic) bond motifs is 1. The van der Waals surface area contributed by atoms with Gasteiger partial charge in [0.1, 0.15) is 0 Å². The van der Waals surface area contributed by atoms with Gasteiger partial charge >= 0.3 is 5.97 Å². The van der Waals surface area contributed by atoms with Crippen LogP contribution >= 0.6 is 11.3 Å². The minimum atomic E-state index is -0.134. The Morgan fingerprint density at radius 3 is 2.76 bits per heavy atom. The van der Waals surface area contributed by atoms with Crippen LogP contribution in [0.3, 0.4) is 0 Å². The number of benzene rings is 1. The van der Waals surface area contributed by atoms with E-state index in [2.05, 4.69) is 40.1 Å². The zero-order valence-corrected chi connectivity index (χ0v) is 17.8. The van der Waals surface area contributed by atoms with Crippen LogP contribution in [0.25, 0.3) is 4.96 Å². The van der Waals surface area contributed by atoms with Gasteiger partial charge in [0.2, 0.25) is 10.8 Å². The van der Waals surface area contributed by atoms with Gasteiger partial charge in [-0.3, -0.25) is 9.69 Å². The van der Waals surface area contributed by atoms with Crippen LogP contribution < -0.4 is 0 Å². The number of esters is 1. The number of hydrogen-bond acceptors (Lipinski definition) is 7. The molecule has 1 N–H and O–H groups in total. The quantitative estimate of drug-likeness (QED) is 0.645. The van der Waals surface area contributed by atoms with Gasteiger partial charge in [0.15, 0.2) is 5.82 Å². The Morgan fingerprint density at radius 2 is 2.14 bits per heavy atom. The lowest BCUT2D eigenvalue weighted by Crippen LogP contribution is -2.39. The Hall–Kier alpha value is -2.45. The molecule has 0 aliphatic carbocycles. The van der Waals surface area contributed by atoms with Crippen LogP contribution in [0, 0.1) is 12.8 Å². The van der Waals surface area contributed by atoms with Crippen molar-refractivity contribution in [3.8, 4) is 5.88 Å². The van der Waals surface area contributed by atoms with Gasteiger partial charge in [0, 0.05) is 6.42 Å². The van der Waals surface area contributed by atoms with Crippen molar-refractivity contribution in [1.82, 2.24) is 19.5 Å². The molecule has 8 heteroatoms. The molecule has 0 spiro atoms. The Balaban J connectivity index is 1.71. The first kappa shape index (κ1) is 19.8. The zero-order valence-electron chi connectivity index (χ0n) is 17.0. The molecule has 1 aliphatic heterocycles. The normalized spacial score (nSPS) is 16.9. The molecular weight excluding hydrogens is 388 g/mol. The fourth-order valence-electron chi connectivity index (χ4n) is 4.05. The highest BCUT2D eigenvalue weighted by molar-refractivity contribution is 7.17. The molecule has 4 rings (SSSR count). The lowest BCUT2D eigenvalue weighted by atomic mass is 9.93. The summed E-state index contributed by atoms with van der Waals surface area (Å²) in [4.78, 5) is 20.3. The molecule has 1 atom stereocenters. The van der Waals surface area contributed by atoms with Crippen LogP contribution in [0.2, 0.25) is 0 Å². The lowest BCUT2D eigenvalue weighted by Gasteiger charge is -2.36. The van der Waals surface area contributed by atoms with Gasteiger partial charge in [-0.1, -0.05) is 48.1 Å². The van der Waals surface area contributed by atoms with E-state index in [1.165, 1.54) is 24.0 Å². The number of ether oxygens (including phenoxy) is 1. The topological polar surface area (TPSA) is 80.0 Å². The summed E-state index contributed by atoms with van der Waals surface area (Å²) in [6.45, 7) is 5.58. The number of hydrogen-bond donors (Lipinski definition) is 1. The zero-order chi connectivity index (χ0) is 20.5. The monoisotopic (exact) mass is 414 g/mol. The number of nitrogens with zero attached hydrogens (tertiary/aromatic N) is 4. The number of aromatic nitrogens is 3. The molecule has 0 saturated carbocycles. The molecule has 2 aromatic heterocycles. The van der Waals surface area contributed by atoms with E-state index >= 15 is 0 Å². The number of likely N-dealkylation sites (tertiary alicyclic amines) is 1. The number of carbonyl (C=O) groups excluding carboxylic acids is 1. The predicted molar refractivity (Wildman–Crippen MR) is 111 cm³/mol. The molecule has 3 heterocycles. The second kappa shape index (κ2) is 8.12. The van der Waals surface area contributed by atoms with Gasteiger partial charge in [-0.05, 0) is 38.4 Å². The molecular formula is C21H26N4O3S. The van der Waals surface area contributed by atoms with Crippen molar-refractivity contribution in [3.05, 3.63) is 46.1 Å². The predicted octanol–water partition coefficient (Wildman–Crippen LogP) is 3.34. The van der Waals surface area contributed by atoms with Gasteiger partial charge in [0.05, 0.1) is 23.9 Å². The summed E-state index contributed by atoms with van der Waals surface area (Å²) >= 11 is 1.48. The Labute approximate surface area is 173 Å². The summed E-state index contributed by atoms with van der Waals surface area (Å²) in [7, 11) is 1.45. The maximum Gasteiger partial charge on any atom is 0.308 e. The molecule has 1 aliphatic rings. The van der Waals surface area contributed by atoms with Gasteiger partial charge in [-0.2, -0.15) is 4.52 Å². The highest BCUT2D eigenvalue weighted by atomic mass is 32.1. The van der Waals surface area contributed by atoms with Crippen LogP contribution in [-0.2, 0) is 16.0 Å². The highest BCUT2D eigenvalue weighted by Crippen LogP contribution is 2.41. The van der Waals surface area contributed by atoms with E-state index in [0.29, 0.717) is 4.96 Å². The third kappa shape index (κ3) is 3.74. The van der Waals surface area contributed by atoms with Crippen LogP contribution in [0.5, 0.6) is 5.88 Å². The molecule has 0 radical (unpaired) electrons. The number of aromatic hydroxyl groups is 1. The molecule has 1 saturated heterocycles. The minimum Gasteiger partial charge on any atom is -0.492 e. The Morgan fingerprint density at radius 1 is 1.38 bits per heavy atom. The van der Waals surface area contributed by atoms with Crippen LogP contribution in [0.4, 0.5) is 0 Å². The summed E-state index contributed by atoms with van der Waals surface area (Å²) in [6.07, 6.45) is 2.22. The lowest BCUT2D eigenvalue weighted by molar-refractivity contribution is -0.147. The number of carbonyl (C=O) groups is 1. The summed E-state index contributed by atoms with van der Waals surface area (Å²) in [5.41, 5.74) is 2.29. The van der Waals surface area contributed by atoms with Crippen molar-refractivity contribution in [2.45, 2.75) is 39.2 Å². The van der Waals surface area contributed by atoms with Crippen molar-refractivity contribution < 1.29 is 14.6 Å². The standard InChI is InChI=1S/C21H26N4O3S/c1-4-16-22-21-25(23-16)19(26)18(29-21)17(15-7-5-6-13(2)12-15)24-10-8-14(9-11-24)20(27)28-3/h5-7,12,14,17,26H,4,8-11H2,1-3H3/t17-/m0/s1. The van der Waals surface area contributed by atoms with Gasteiger partial charge in [-0.15, -0.1) is 5.10 Å². The van der Waals surface area contributed by atoms with E-state index in [1.54, 1.807) is 4.52 Å². The van der Waals surface area contributed by atoms with E-state index in [1.807, 2.05) is 13.0 Å². The molecule has 29 heavy (non-hydrogen) atoms. The van der Waals surface area contributed by atoms with E-state index in [9.17, 15) is 9.90 Å². The maximum absolute atomic E-state index is 11.9. The average molecular weight is 415 g/mol.